The van der Waals surface area contributed by atoms with Crippen molar-refractivity contribution in [3.05, 3.63) is 179 Å². The number of ether oxygens (including phenoxy) is 2. The van der Waals surface area contributed by atoms with Crippen LogP contribution in [0.25, 0.3) is 0 Å². The maximum Gasteiger partial charge on any atom is 0.412 e. The predicted octanol–water partition coefficient (Wildman–Crippen LogP) is 6.99. The van der Waals surface area contributed by atoms with E-state index in [2.05, 4.69) is 0 Å². The van der Waals surface area contributed by atoms with Crippen molar-refractivity contribution in [2.45, 2.75) is 37.6 Å². The van der Waals surface area contributed by atoms with Gasteiger partial charge in [-0.15, -0.1) is 0 Å². The number of primary amides is 1. The molecule has 5 rings (SSSR count). The number of esters is 1. The summed E-state index contributed by atoms with van der Waals surface area (Å²) in [6, 6.07) is 45.8. The van der Waals surface area contributed by atoms with Crippen LogP contribution in [0.15, 0.2) is 152 Å². The highest BCUT2D eigenvalue weighted by molar-refractivity contribution is 5.84. The van der Waals surface area contributed by atoms with Gasteiger partial charge in [0.15, 0.2) is 0 Å². The van der Waals surface area contributed by atoms with Crippen molar-refractivity contribution in [3.8, 4) is 0 Å². The summed E-state index contributed by atoms with van der Waals surface area (Å²) in [7, 11) is 0. The fraction of sp³-hybridized carbons (Fsp3) is 0.154. The number of amides is 2. The van der Waals surface area contributed by atoms with E-state index >= 15 is 0 Å². The number of rotatable bonds is 13. The molecule has 0 aliphatic heterocycles. The van der Waals surface area contributed by atoms with Gasteiger partial charge in [-0.3, -0.25) is 9.69 Å². The second-order valence-electron chi connectivity index (χ2n) is 10.8. The molecule has 2 amide bonds. The summed E-state index contributed by atoms with van der Waals surface area (Å²) in [5.74, 6) is -1.29. The van der Waals surface area contributed by atoms with E-state index in [1.165, 1.54) is 4.90 Å². The summed E-state index contributed by atoms with van der Waals surface area (Å²) in [5.41, 5.74) is 7.95. The molecule has 0 aliphatic rings. The second-order valence-corrected chi connectivity index (χ2v) is 10.8. The van der Waals surface area contributed by atoms with Gasteiger partial charge in [-0.25, -0.2) is 9.59 Å². The van der Waals surface area contributed by atoms with E-state index < -0.39 is 29.6 Å². The monoisotopic (exact) mass is 612 g/mol. The van der Waals surface area contributed by atoms with Gasteiger partial charge in [0.05, 0.1) is 0 Å². The third-order valence-electron chi connectivity index (χ3n) is 7.81. The Kier molecular flexibility index (Phi) is 10.6. The minimum absolute atomic E-state index is 0.0192. The van der Waals surface area contributed by atoms with Crippen LogP contribution in [0.5, 0.6) is 0 Å². The van der Waals surface area contributed by atoms with Crippen LogP contribution in [0.1, 0.15) is 40.7 Å². The molecule has 1 atom stereocenters. The van der Waals surface area contributed by atoms with Gasteiger partial charge in [-0.1, -0.05) is 152 Å². The molecule has 7 heteroatoms. The zero-order valence-corrected chi connectivity index (χ0v) is 25.4. The van der Waals surface area contributed by atoms with E-state index in [4.69, 9.17) is 15.2 Å². The molecule has 0 radical (unpaired) electrons. The van der Waals surface area contributed by atoms with Gasteiger partial charge in [0.25, 0.3) is 0 Å². The van der Waals surface area contributed by atoms with Gasteiger partial charge in [0.1, 0.15) is 24.8 Å². The smallest absolute Gasteiger partial charge is 0.412 e. The van der Waals surface area contributed by atoms with E-state index in [-0.39, 0.29) is 26.1 Å². The number of carbonyl (C=O) groups is 3. The summed E-state index contributed by atoms with van der Waals surface area (Å²) in [6.45, 7) is -0.0547. The highest BCUT2D eigenvalue weighted by Gasteiger charge is 2.51. The maximum atomic E-state index is 14.7. The fourth-order valence-electron chi connectivity index (χ4n) is 5.70. The number of carbonyl (C=O) groups excluding carboxylic acids is 3. The van der Waals surface area contributed by atoms with Crippen LogP contribution >= 0.6 is 0 Å². The van der Waals surface area contributed by atoms with Crippen LogP contribution in [0, 0.1) is 0 Å². The van der Waals surface area contributed by atoms with Crippen molar-refractivity contribution in [2.24, 2.45) is 5.73 Å². The molecule has 0 heterocycles. The number of benzene rings is 5. The first-order valence-corrected chi connectivity index (χ1v) is 15.2. The number of hydrogen-bond donors (Lipinski definition) is 1. The molecule has 0 spiro atoms. The summed E-state index contributed by atoms with van der Waals surface area (Å²) in [6.07, 6.45) is -1.01. The van der Waals surface area contributed by atoms with Crippen LogP contribution < -0.4 is 5.73 Å². The maximum absolute atomic E-state index is 14.7. The first-order valence-electron chi connectivity index (χ1n) is 15.2. The van der Waals surface area contributed by atoms with E-state index in [1.807, 2.05) is 152 Å². The van der Waals surface area contributed by atoms with E-state index in [1.54, 1.807) is 0 Å². The van der Waals surface area contributed by atoms with Gasteiger partial charge in [0.2, 0.25) is 5.91 Å². The molecule has 0 aliphatic carbocycles. The lowest BCUT2D eigenvalue weighted by molar-refractivity contribution is -0.153. The minimum Gasteiger partial charge on any atom is -0.459 e. The normalized spacial score (nSPS) is 11.7. The Morgan fingerprint density at radius 1 is 0.565 bits per heavy atom. The van der Waals surface area contributed by atoms with Crippen molar-refractivity contribution in [2.75, 3.05) is 0 Å². The van der Waals surface area contributed by atoms with Crippen molar-refractivity contribution >= 4 is 18.0 Å². The average molecular weight is 613 g/mol. The van der Waals surface area contributed by atoms with Crippen LogP contribution in [0.2, 0.25) is 0 Å². The number of nitrogens with two attached hydrogens (primary N) is 1. The van der Waals surface area contributed by atoms with Crippen molar-refractivity contribution < 1.29 is 23.9 Å². The molecule has 0 fully saturated rings. The van der Waals surface area contributed by atoms with E-state index in [0.717, 1.165) is 11.1 Å². The highest BCUT2D eigenvalue weighted by Crippen LogP contribution is 2.45. The molecule has 0 bridgehead atoms. The number of nitrogens with zero attached hydrogens (tertiary/aromatic N) is 1. The second kappa shape index (κ2) is 15.3. The zero-order chi connectivity index (χ0) is 32.2. The predicted molar refractivity (Wildman–Crippen MR) is 176 cm³/mol. The lowest BCUT2D eigenvalue weighted by Gasteiger charge is -2.47. The first-order chi connectivity index (χ1) is 22.5. The Labute approximate surface area is 269 Å². The van der Waals surface area contributed by atoms with Crippen molar-refractivity contribution in [1.29, 1.82) is 0 Å². The van der Waals surface area contributed by atoms with Crippen LogP contribution in [0.4, 0.5) is 4.79 Å². The minimum atomic E-state index is -1.38. The zero-order valence-electron chi connectivity index (χ0n) is 25.4. The van der Waals surface area contributed by atoms with Crippen molar-refractivity contribution in [3.63, 3.8) is 0 Å². The number of hydrogen-bond acceptors (Lipinski definition) is 5. The molecular weight excluding hydrogens is 576 g/mol. The van der Waals surface area contributed by atoms with Gasteiger partial charge in [-0.2, -0.15) is 0 Å². The Morgan fingerprint density at radius 3 is 1.33 bits per heavy atom. The summed E-state index contributed by atoms with van der Waals surface area (Å²) in [4.78, 5) is 42.6. The Morgan fingerprint density at radius 2 is 0.935 bits per heavy atom. The quantitative estimate of drug-likeness (QED) is 0.114. The molecule has 0 saturated carbocycles. The van der Waals surface area contributed by atoms with Crippen LogP contribution in [0.3, 0.4) is 0 Å². The molecule has 5 aromatic carbocycles. The Balaban J connectivity index is 1.72. The van der Waals surface area contributed by atoms with Gasteiger partial charge in [-0.05, 0) is 34.2 Å². The van der Waals surface area contributed by atoms with Crippen molar-refractivity contribution in [1.82, 2.24) is 4.90 Å². The fourth-order valence-corrected chi connectivity index (χ4v) is 5.70. The SMILES string of the molecule is NC(=O)CC[C@H](C(=O)OCc1ccccc1)N(C(=O)OCc1ccccc1)C(c1ccccc1)(c1ccccc1)c1ccccc1. The highest BCUT2D eigenvalue weighted by atomic mass is 16.6. The molecule has 0 aromatic heterocycles. The van der Waals surface area contributed by atoms with E-state index in [9.17, 15) is 14.4 Å². The lowest BCUT2D eigenvalue weighted by atomic mass is 9.74. The van der Waals surface area contributed by atoms with Gasteiger partial charge >= 0.3 is 12.1 Å². The lowest BCUT2D eigenvalue weighted by Crippen LogP contribution is -2.58. The molecule has 232 valence electrons. The third-order valence-corrected chi connectivity index (χ3v) is 7.81. The first kappa shape index (κ1) is 31.7. The molecule has 0 saturated heterocycles. The summed E-state index contributed by atoms with van der Waals surface area (Å²) >= 11 is 0. The Bertz CT molecular complexity index is 1600. The standard InChI is InChI=1S/C39H36N2O5/c40-36(42)27-26-35(37(43)45-28-30-16-6-1-7-17-30)41(38(44)46-29-31-18-8-2-9-19-31)39(32-20-10-3-11-21-32,33-22-12-4-13-23-33)34-24-14-5-15-25-34/h1-25,35H,26-29H2,(H2,40,42)/t35-/m1/s1. The van der Waals surface area contributed by atoms with Crippen LogP contribution in [-0.2, 0) is 37.8 Å². The molecule has 2 N–H and O–H groups in total. The topological polar surface area (TPSA) is 98.9 Å². The molecule has 5 aromatic rings. The summed E-state index contributed by atoms with van der Waals surface area (Å²) < 4.78 is 11.9. The molecule has 7 nitrogen and oxygen atoms in total. The molecular formula is C39H36N2O5. The molecule has 46 heavy (non-hydrogen) atoms. The van der Waals surface area contributed by atoms with E-state index in [0.29, 0.717) is 16.7 Å². The summed E-state index contributed by atoms with van der Waals surface area (Å²) in [5, 5.41) is 0. The Hall–Kier alpha value is -5.69. The molecule has 0 unspecified atom stereocenters. The van der Waals surface area contributed by atoms with Crippen LogP contribution in [-0.4, -0.2) is 28.9 Å². The largest absolute Gasteiger partial charge is 0.459 e. The third kappa shape index (κ3) is 7.33. The average Bonchev–Trinajstić information content (AvgIpc) is 3.11. The van der Waals surface area contributed by atoms with Gasteiger partial charge < -0.3 is 15.2 Å². The van der Waals surface area contributed by atoms with Gasteiger partial charge in [0, 0.05) is 6.42 Å².